The van der Waals surface area contributed by atoms with E-state index in [-0.39, 0.29) is 5.41 Å². The smallest absolute Gasteiger partial charge is 0.196 e. The monoisotopic (exact) mass is 227 g/mol. The van der Waals surface area contributed by atoms with E-state index in [4.69, 9.17) is 10.7 Å². The molecule has 0 saturated carbocycles. The van der Waals surface area contributed by atoms with Crippen molar-refractivity contribution < 1.29 is 8.42 Å². The Labute approximate surface area is 85.4 Å². The SMILES string of the molecule is CC(C)(C)CC(C)(C)NS(=O)(=O)Cl. The Balaban J connectivity index is 4.43. The van der Waals surface area contributed by atoms with E-state index < -0.39 is 14.8 Å². The summed E-state index contributed by atoms with van der Waals surface area (Å²) in [6.07, 6.45) is 0.728. The van der Waals surface area contributed by atoms with Crippen molar-refractivity contribution >= 4 is 19.9 Å². The summed E-state index contributed by atoms with van der Waals surface area (Å²) in [6.45, 7) is 9.79. The van der Waals surface area contributed by atoms with E-state index in [0.29, 0.717) is 0 Å². The molecule has 0 aliphatic carbocycles. The average molecular weight is 228 g/mol. The highest BCUT2D eigenvalue weighted by atomic mass is 35.7. The lowest BCUT2D eigenvalue weighted by molar-refractivity contribution is 0.270. The molecule has 0 bridgehead atoms. The Morgan fingerprint density at radius 2 is 1.54 bits per heavy atom. The summed E-state index contributed by atoms with van der Waals surface area (Å²) in [4.78, 5) is 0. The molecule has 5 heteroatoms. The number of nitrogens with one attached hydrogen (secondary N) is 1. The van der Waals surface area contributed by atoms with Gasteiger partial charge in [-0.3, -0.25) is 0 Å². The van der Waals surface area contributed by atoms with Crippen molar-refractivity contribution in [3.8, 4) is 0 Å². The van der Waals surface area contributed by atoms with E-state index in [1.54, 1.807) is 0 Å². The number of hydrogen-bond donors (Lipinski definition) is 1. The maximum absolute atomic E-state index is 10.8. The molecule has 0 spiro atoms. The number of rotatable bonds is 3. The molecule has 0 amide bonds. The first-order valence-electron chi connectivity index (χ1n) is 4.15. The normalized spacial score (nSPS) is 14.6. The minimum Gasteiger partial charge on any atom is -0.196 e. The van der Waals surface area contributed by atoms with Gasteiger partial charge in [0.2, 0.25) is 0 Å². The summed E-state index contributed by atoms with van der Waals surface area (Å²) in [7, 11) is 1.48. The molecular formula is C8H18ClNO2S. The Kier molecular flexibility index (Phi) is 3.81. The van der Waals surface area contributed by atoms with Crippen molar-refractivity contribution in [2.75, 3.05) is 0 Å². The van der Waals surface area contributed by atoms with Gasteiger partial charge in [0, 0.05) is 16.2 Å². The van der Waals surface area contributed by atoms with Crippen molar-refractivity contribution in [1.82, 2.24) is 4.72 Å². The summed E-state index contributed by atoms with van der Waals surface area (Å²) < 4.78 is 24.0. The van der Waals surface area contributed by atoms with E-state index in [1.807, 2.05) is 13.8 Å². The third-order valence-corrected chi connectivity index (χ3v) is 2.40. The fourth-order valence-electron chi connectivity index (χ4n) is 1.69. The Morgan fingerprint density at radius 3 is 1.77 bits per heavy atom. The van der Waals surface area contributed by atoms with Crippen LogP contribution in [0.3, 0.4) is 0 Å². The third-order valence-electron chi connectivity index (χ3n) is 1.37. The quantitative estimate of drug-likeness (QED) is 0.752. The molecule has 0 unspecified atom stereocenters. The molecule has 0 aromatic carbocycles. The lowest BCUT2D eigenvalue weighted by atomic mass is 9.82. The highest BCUT2D eigenvalue weighted by Gasteiger charge is 2.28. The predicted molar refractivity (Wildman–Crippen MR) is 56.1 cm³/mol. The molecule has 0 fully saturated rings. The van der Waals surface area contributed by atoms with Crippen LogP contribution in [-0.4, -0.2) is 14.0 Å². The fraction of sp³-hybridized carbons (Fsp3) is 1.00. The van der Waals surface area contributed by atoms with Crippen LogP contribution in [0, 0.1) is 5.41 Å². The second kappa shape index (κ2) is 3.75. The average Bonchev–Trinajstić information content (AvgIpc) is 1.43. The highest BCUT2D eigenvalue weighted by molar-refractivity contribution is 8.12. The molecule has 13 heavy (non-hydrogen) atoms. The van der Waals surface area contributed by atoms with Crippen LogP contribution in [-0.2, 0) is 9.24 Å². The summed E-state index contributed by atoms with van der Waals surface area (Å²) in [6, 6.07) is 0. The van der Waals surface area contributed by atoms with Gasteiger partial charge in [0.15, 0.2) is 0 Å². The molecule has 0 saturated heterocycles. The Morgan fingerprint density at radius 1 is 1.15 bits per heavy atom. The minimum atomic E-state index is -3.63. The van der Waals surface area contributed by atoms with Gasteiger partial charge in [-0.25, -0.2) is 0 Å². The molecule has 0 rings (SSSR count). The number of halogens is 1. The van der Waals surface area contributed by atoms with Gasteiger partial charge in [-0.2, -0.15) is 13.1 Å². The molecule has 0 heterocycles. The fourth-order valence-corrected chi connectivity index (χ4v) is 3.05. The van der Waals surface area contributed by atoms with Crippen LogP contribution in [0.15, 0.2) is 0 Å². The van der Waals surface area contributed by atoms with E-state index >= 15 is 0 Å². The molecule has 0 radical (unpaired) electrons. The lowest BCUT2D eigenvalue weighted by Gasteiger charge is -2.31. The van der Waals surface area contributed by atoms with Crippen LogP contribution in [0.4, 0.5) is 0 Å². The second-order valence-electron chi connectivity index (χ2n) is 5.16. The van der Waals surface area contributed by atoms with Gasteiger partial charge in [-0.05, 0) is 25.7 Å². The van der Waals surface area contributed by atoms with Gasteiger partial charge in [0.1, 0.15) is 0 Å². The molecule has 0 aromatic rings. The molecule has 3 nitrogen and oxygen atoms in total. The van der Waals surface area contributed by atoms with Crippen LogP contribution >= 0.6 is 10.7 Å². The van der Waals surface area contributed by atoms with Crippen molar-refractivity contribution in [2.45, 2.75) is 46.6 Å². The second-order valence-corrected chi connectivity index (χ2v) is 7.46. The van der Waals surface area contributed by atoms with Crippen molar-refractivity contribution in [3.63, 3.8) is 0 Å². The van der Waals surface area contributed by atoms with Gasteiger partial charge < -0.3 is 0 Å². The van der Waals surface area contributed by atoms with E-state index in [1.165, 1.54) is 0 Å². The minimum absolute atomic E-state index is 0.0675. The Hall–Kier alpha value is 0.200. The van der Waals surface area contributed by atoms with Crippen LogP contribution in [0.5, 0.6) is 0 Å². The zero-order valence-corrected chi connectivity index (χ0v) is 10.4. The summed E-state index contributed by atoms with van der Waals surface area (Å²) in [5.74, 6) is 0. The number of hydrogen-bond acceptors (Lipinski definition) is 2. The van der Waals surface area contributed by atoms with Gasteiger partial charge >= 0.3 is 0 Å². The van der Waals surface area contributed by atoms with Crippen LogP contribution in [0.2, 0.25) is 0 Å². The van der Waals surface area contributed by atoms with Crippen LogP contribution in [0.1, 0.15) is 41.0 Å². The zero-order valence-electron chi connectivity index (χ0n) is 8.81. The maximum Gasteiger partial charge on any atom is 0.297 e. The van der Waals surface area contributed by atoms with Crippen LogP contribution in [0.25, 0.3) is 0 Å². The van der Waals surface area contributed by atoms with E-state index in [0.717, 1.165) is 6.42 Å². The Bertz CT molecular complexity index is 264. The molecular weight excluding hydrogens is 210 g/mol. The molecule has 1 N–H and O–H groups in total. The molecule has 0 aromatic heterocycles. The maximum atomic E-state index is 10.8. The summed E-state index contributed by atoms with van der Waals surface area (Å²) in [5.41, 5.74) is -0.434. The topological polar surface area (TPSA) is 46.2 Å². The van der Waals surface area contributed by atoms with Gasteiger partial charge in [-0.15, -0.1) is 0 Å². The lowest BCUT2D eigenvalue weighted by Crippen LogP contribution is -2.43. The first-order chi connectivity index (χ1) is 5.41. The van der Waals surface area contributed by atoms with Crippen molar-refractivity contribution in [2.24, 2.45) is 5.41 Å². The van der Waals surface area contributed by atoms with Gasteiger partial charge in [-0.1, -0.05) is 20.8 Å². The summed E-state index contributed by atoms with van der Waals surface area (Å²) in [5, 5.41) is 0. The molecule has 0 aliphatic rings. The third kappa shape index (κ3) is 8.53. The zero-order chi connectivity index (χ0) is 10.9. The molecule has 0 atom stereocenters. The van der Waals surface area contributed by atoms with Gasteiger partial charge in [0.25, 0.3) is 9.24 Å². The standard InChI is InChI=1S/C8H18ClNO2S/c1-7(2,3)6-8(4,5)10-13(9,11)12/h10H,6H2,1-5H3. The largest absolute Gasteiger partial charge is 0.297 e. The van der Waals surface area contributed by atoms with E-state index in [9.17, 15) is 8.42 Å². The van der Waals surface area contributed by atoms with Crippen molar-refractivity contribution in [3.05, 3.63) is 0 Å². The highest BCUT2D eigenvalue weighted by Crippen LogP contribution is 2.27. The molecule has 80 valence electrons. The first kappa shape index (κ1) is 13.2. The summed E-state index contributed by atoms with van der Waals surface area (Å²) >= 11 is 0. The predicted octanol–water partition coefficient (Wildman–Crippen LogP) is 2.27. The van der Waals surface area contributed by atoms with Crippen molar-refractivity contribution in [1.29, 1.82) is 0 Å². The first-order valence-corrected chi connectivity index (χ1v) is 6.46. The van der Waals surface area contributed by atoms with Crippen LogP contribution < -0.4 is 4.72 Å². The van der Waals surface area contributed by atoms with E-state index in [2.05, 4.69) is 25.5 Å². The van der Waals surface area contributed by atoms with Gasteiger partial charge in [0.05, 0.1) is 0 Å². The molecule has 0 aliphatic heterocycles.